The highest BCUT2D eigenvalue weighted by Gasteiger charge is 2.40. The average molecular weight is 807 g/mol. The van der Waals surface area contributed by atoms with Gasteiger partial charge in [-0.1, -0.05) is 25.7 Å². The third-order valence-electron chi connectivity index (χ3n) is 8.58. The molecule has 16 heteroatoms. The molecule has 0 spiro atoms. The summed E-state index contributed by atoms with van der Waals surface area (Å²) < 4.78 is 68.7. The maximum absolute atomic E-state index is 5.92. The van der Waals surface area contributed by atoms with Gasteiger partial charge in [0.2, 0.25) is 0 Å². The van der Waals surface area contributed by atoms with Crippen LogP contribution in [-0.4, -0.2) is 129 Å². The van der Waals surface area contributed by atoms with E-state index >= 15 is 0 Å². The van der Waals surface area contributed by atoms with Crippen molar-refractivity contribution in [2.24, 2.45) is 0 Å². The lowest BCUT2D eigenvalue weighted by molar-refractivity contribution is -0.00693. The predicted molar refractivity (Wildman–Crippen MR) is 215 cm³/mol. The van der Waals surface area contributed by atoms with E-state index in [9.17, 15) is 0 Å². The molecule has 0 radical (unpaired) electrons. The van der Waals surface area contributed by atoms with Gasteiger partial charge in [0.05, 0.1) is 12.7 Å². The summed E-state index contributed by atoms with van der Waals surface area (Å²) >= 11 is 0. The van der Waals surface area contributed by atoms with Gasteiger partial charge in [-0.2, -0.15) is 0 Å². The first-order valence-corrected chi connectivity index (χ1v) is 28.6. The van der Waals surface area contributed by atoms with Crippen LogP contribution in [-0.2, 0) is 53.7 Å². The zero-order chi connectivity index (χ0) is 38.9. The van der Waals surface area contributed by atoms with Crippen LogP contribution in [0.1, 0.15) is 99.8 Å². The van der Waals surface area contributed by atoms with E-state index in [2.05, 4.69) is 13.1 Å². The molecule has 0 fully saturated rings. The van der Waals surface area contributed by atoms with E-state index < -0.39 is 34.7 Å². The van der Waals surface area contributed by atoms with E-state index in [0.717, 1.165) is 49.9 Å². The number of hydrogen-bond acceptors (Lipinski definition) is 12. The summed E-state index contributed by atoms with van der Waals surface area (Å²) in [5.41, 5.74) is 0. The lowest BCUT2D eigenvalue weighted by atomic mass is 10.1. The molecule has 0 amide bonds. The van der Waals surface area contributed by atoms with Crippen molar-refractivity contribution in [3.05, 3.63) is 0 Å². The monoisotopic (exact) mass is 806 g/mol. The van der Waals surface area contributed by atoms with Crippen LogP contribution in [0.2, 0.25) is 37.3 Å². The Bertz CT molecular complexity index is 686. The Balaban J connectivity index is 0. The van der Waals surface area contributed by atoms with Crippen LogP contribution in [0.15, 0.2) is 0 Å². The zero-order valence-corrected chi connectivity index (χ0v) is 39.3. The first-order valence-electron chi connectivity index (χ1n) is 19.7. The Hall–Kier alpha value is 0.388. The Morgan fingerprint density at radius 3 is 1.04 bits per heavy atom. The molecule has 0 aliphatic carbocycles. The van der Waals surface area contributed by atoms with E-state index in [4.69, 9.17) is 53.7 Å². The molecular formula is C35H82O12Si4. The standard InChI is InChI=1S/C20H46O6Si2.C15H36O6Si2/c1-7-21-27(22-8-2,23-9-3)19-17-15-13-14-16-18-20-28(24-10-4,25-11-5)26-12-6;1-15(21-11-9-13-23(7,18-4)19-5)14-20-10-8-12-22(6,16-2)17-3/h7-20H2,1-6H3;15H,8-14H2,1-7H3. The topological polar surface area (TPSA) is 111 Å². The van der Waals surface area contributed by atoms with Gasteiger partial charge in [0, 0.05) is 93.4 Å². The molecule has 12 nitrogen and oxygen atoms in total. The van der Waals surface area contributed by atoms with Crippen LogP contribution in [0.5, 0.6) is 0 Å². The average Bonchev–Trinajstić information content (AvgIpc) is 3.12. The van der Waals surface area contributed by atoms with Crippen molar-refractivity contribution in [3.63, 3.8) is 0 Å². The maximum Gasteiger partial charge on any atom is 0.500 e. The zero-order valence-electron chi connectivity index (χ0n) is 35.3. The van der Waals surface area contributed by atoms with Gasteiger partial charge < -0.3 is 53.7 Å². The molecule has 310 valence electrons. The van der Waals surface area contributed by atoms with Crippen molar-refractivity contribution in [2.45, 2.75) is 143 Å². The summed E-state index contributed by atoms with van der Waals surface area (Å²) in [6.07, 6.45) is 9.01. The molecular weight excluding hydrogens is 725 g/mol. The van der Waals surface area contributed by atoms with E-state index in [1.54, 1.807) is 28.4 Å². The lowest BCUT2D eigenvalue weighted by Crippen LogP contribution is -2.45. The first kappa shape index (κ1) is 53.5. The fraction of sp³-hybridized carbons (Fsp3) is 1.00. The van der Waals surface area contributed by atoms with Gasteiger partial charge in [0.25, 0.3) is 0 Å². The molecule has 51 heavy (non-hydrogen) atoms. The third kappa shape index (κ3) is 26.8. The Labute approximate surface area is 318 Å². The number of unbranched alkanes of at least 4 members (excludes halogenated alkanes) is 5. The summed E-state index contributed by atoms with van der Waals surface area (Å²) in [7, 11) is -1.99. The second kappa shape index (κ2) is 33.7. The Morgan fingerprint density at radius 2 is 0.725 bits per heavy atom. The fourth-order valence-corrected chi connectivity index (χ4v) is 13.5. The normalized spacial score (nSPS) is 13.4. The van der Waals surface area contributed by atoms with Crippen LogP contribution in [0.3, 0.4) is 0 Å². The highest BCUT2D eigenvalue weighted by atomic mass is 28.4. The SMILES string of the molecule is CCO[Si](CCCCCCCC[Si](OCC)(OCC)OCC)(OCC)OCC.CO[Si](C)(CCCOCC(C)OCCC[Si](C)(OC)OC)OC. The molecule has 0 aromatic rings. The summed E-state index contributed by atoms with van der Waals surface area (Å²) in [5.74, 6) is 0. The molecule has 0 saturated carbocycles. The van der Waals surface area contributed by atoms with Crippen molar-refractivity contribution in [1.29, 1.82) is 0 Å². The predicted octanol–water partition coefficient (Wildman–Crippen LogP) is 8.34. The molecule has 0 N–H and O–H groups in total. The summed E-state index contributed by atoms with van der Waals surface area (Å²) in [5, 5.41) is 0. The van der Waals surface area contributed by atoms with E-state index in [1.165, 1.54) is 25.7 Å². The molecule has 0 aromatic heterocycles. The van der Waals surface area contributed by atoms with Crippen LogP contribution < -0.4 is 0 Å². The van der Waals surface area contributed by atoms with Gasteiger partial charge in [-0.15, -0.1) is 0 Å². The minimum absolute atomic E-state index is 0.0986. The molecule has 0 aromatic carbocycles. The van der Waals surface area contributed by atoms with Gasteiger partial charge in [0.15, 0.2) is 0 Å². The molecule has 0 saturated heterocycles. The summed E-state index contributed by atoms with van der Waals surface area (Å²) in [6.45, 7) is 24.2. The Morgan fingerprint density at radius 1 is 0.412 bits per heavy atom. The minimum atomic E-state index is -2.47. The molecule has 0 aliphatic rings. The van der Waals surface area contributed by atoms with Crippen molar-refractivity contribution in [2.75, 3.05) is 87.9 Å². The van der Waals surface area contributed by atoms with Crippen molar-refractivity contribution in [3.8, 4) is 0 Å². The van der Waals surface area contributed by atoms with Gasteiger partial charge >= 0.3 is 34.7 Å². The number of hydrogen-bond donors (Lipinski definition) is 0. The van der Waals surface area contributed by atoms with Gasteiger partial charge in [-0.25, -0.2) is 0 Å². The number of ether oxygens (including phenoxy) is 2. The van der Waals surface area contributed by atoms with Crippen molar-refractivity contribution in [1.82, 2.24) is 0 Å². The van der Waals surface area contributed by atoms with Gasteiger partial charge in [-0.3, -0.25) is 0 Å². The van der Waals surface area contributed by atoms with Gasteiger partial charge in [-0.05, 0) is 99.3 Å². The van der Waals surface area contributed by atoms with Crippen LogP contribution in [0.25, 0.3) is 0 Å². The van der Waals surface area contributed by atoms with Crippen LogP contribution >= 0.6 is 0 Å². The fourth-order valence-electron chi connectivity index (χ4n) is 5.44. The lowest BCUT2D eigenvalue weighted by Gasteiger charge is -2.28. The second-order valence-corrected chi connectivity index (χ2v) is 25.3. The summed E-state index contributed by atoms with van der Waals surface area (Å²) in [6, 6.07) is 3.70. The molecule has 0 heterocycles. The highest BCUT2D eigenvalue weighted by molar-refractivity contribution is 6.66. The largest absolute Gasteiger partial charge is 0.500 e. The van der Waals surface area contributed by atoms with E-state index in [-0.39, 0.29) is 6.10 Å². The van der Waals surface area contributed by atoms with E-state index in [1.807, 2.05) is 48.5 Å². The minimum Gasteiger partial charge on any atom is -0.398 e. The molecule has 1 atom stereocenters. The molecule has 0 rings (SSSR count). The third-order valence-corrected chi connectivity index (χ3v) is 20.9. The highest BCUT2D eigenvalue weighted by Crippen LogP contribution is 2.23. The second-order valence-electron chi connectivity index (χ2n) is 12.6. The molecule has 1 unspecified atom stereocenters. The molecule has 0 bridgehead atoms. The van der Waals surface area contributed by atoms with E-state index in [0.29, 0.717) is 59.5 Å². The Kier molecular flexibility index (Phi) is 35.3. The van der Waals surface area contributed by atoms with Gasteiger partial charge in [0.1, 0.15) is 0 Å². The van der Waals surface area contributed by atoms with Crippen molar-refractivity contribution < 1.29 is 53.7 Å². The quantitative estimate of drug-likeness (QED) is 0.0449. The number of rotatable bonds is 36. The van der Waals surface area contributed by atoms with Crippen molar-refractivity contribution >= 4 is 34.7 Å². The smallest absolute Gasteiger partial charge is 0.398 e. The van der Waals surface area contributed by atoms with Crippen LogP contribution in [0.4, 0.5) is 0 Å². The first-order chi connectivity index (χ1) is 24.4. The maximum atomic E-state index is 5.92. The molecule has 0 aliphatic heterocycles. The summed E-state index contributed by atoms with van der Waals surface area (Å²) in [4.78, 5) is 0. The van der Waals surface area contributed by atoms with Crippen LogP contribution in [0, 0.1) is 0 Å².